The molecule has 2 aromatic rings. The lowest BCUT2D eigenvalue weighted by atomic mass is 9.85. The number of nitrogens with one attached hydrogen (secondary N) is 1. The van der Waals surface area contributed by atoms with E-state index < -0.39 is 11.4 Å². The number of thiophene rings is 1. The number of anilines is 1. The monoisotopic (exact) mass is 303 g/mol. The fourth-order valence-corrected chi connectivity index (χ4v) is 2.57. The minimum Gasteiger partial charge on any atom is -0.481 e. The van der Waals surface area contributed by atoms with E-state index in [0.29, 0.717) is 17.7 Å². The second-order valence-electron chi connectivity index (χ2n) is 5.31. The lowest BCUT2D eigenvalue weighted by molar-refractivity contribution is -0.142. The Morgan fingerprint density at radius 3 is 2.38 bits per heavy atom. The third kappa shape index (κ3) is 3.70. The van der Waals surface area contributed by atoms with Crippen molar-refractivity contribution in [3.63, 3.8) is 0 Å². The van der Waals surface area contributed by atoms with Gasteiger partial charge in [-0.05, 0) is 43.0 Å². The first-order chi connectivity index (χ1) is 9.89. The molecule has 0 atom stereocenters. The summed E-state index contributed by atoms with van der Waals surface area (Å²) in [6.07, 6.45) is 0.347. The first kappa shape index (κ1) is 15.3. The molecule has 1 heterocycles. The second-order valence-corrected chi connectivity index (χ2v) is 6.34. The quantitative estimate of drug-likeness (QED) is 0.890. The van der Waals surface area contributed by atoms with Crippen molar-refractivity contribution in [2.24, 2.45) is 0 Å². The minimum absolute atomic E-state index is 0.0808. The van der Waals surface area contributed by atoms with Crippen molar-refractivity contribution in [2.75, 3.05) is 5.32 Å². The smallest absolute Gasteiger partial charge is 0.313 e. The second kappa shape index (κ2) is 6.10. The van der Waals surface area contributed by atoms with Gasteiger partial charge in [0.1, 0.15) is 0 Å². The Hall–Kier alpha value is -2.14. The largest absolute Gasteiger partial charge is 0.481 e. The predicted octanol–water partition coefficient (Wildman–Crippen LogP) is 3.29. The molecule has 4 nitrogen and oxygen atoms in total. The van der Waals surface area contributed by atoms with Crippen LogP contribution in [0.1, 0.15) is 24.3 Å². The summed E-state index contributed by atoms with van der Waals surface area (Å²) in [6.45, 7) is 3.30. The fourth-order valence-electron chi connectivity index (χ4n) is 1.87. The van der Waals surface area contributed by atoms with Gasteiger partial charge in [0.15, 0.2) is 0 Å². The van der Waals surface area contributed by atoms with E-state index in [9.17, 15) is 14.7 Å². The molecule has 0 fully saturated rings. The summed E-state index contributed by atoms with van der Waals surface area (Å²) >= 11 is 1.54. The zero-order valence-electron chi connectivity index (χ0n) is 11.9. The van der Waals surface area contributed by atoms with Crippen LogP contribution in [-0.2, 0) is 21.4 Å². The standard InChI is InChI=1S/C16H17NO3S/c1-16(2,15(19)20)11-5-7-12(8-6-11)17-14(18)10-13-4-3-9-21-13/h3-9H,10H2,1-2H3,(H,17,18)(H,19,20). The highest BCUT2D eigenvalue weighted by molar-refractivity contribution is 7.10. The van der Waals surface area contributed by atoms with Gasteiger partial charge in [-0.15, -0.1) is 11.3 Å². The number of carboxylic acid groups (broad SMARTS) is 1. The summed E-state index contributed by atoms with van der Waals surface area (Å²) < 4.78 is 0. The average Bonchev–Trinajstić information content (AvgIpc) is 2.91. The third-order valence-corrected chi connectivity index (χ3v) is 4.22. The van der Waals surface area contributed by atoms with Gasteiger partial charge >= 0.3 is 5.97 Å². The lowest BCUT2D eigenvalue weighted by Crippen LogP contribution is -2.28. The first-order valence-corrected chi connectivity index (χ1v) is 7.44. The minimum atomic E-state index is -0.945. The maximum Gasteiger partial charge on any atom is 0.313 e. The number of hydrogen-bond donors (Lipinski definition) is 2. The van der Waals surface area contributed by atoms with Gasteiger partial charge in [-0.25, -0.2) is 0 Å². The van der Waals surface area contributed by atoms with Crippen LogP contribution in [0.15, 0.2) is 41.8 Å². The number of aliphatic carboxylic acids is 1. The molecule has 110 valence electrons. The van der Waals surface area contributed by atoms with Crippen molar-refractivity contribution in [3.8, 4) is 0 Å². The number of hydrogen-bond acceptors (Lipinski definition) is 3. The Labute approximate surface area is 127 Å². The van der Waals surface area contributed by atoms with Crippen LogP contribution in [0.5, 0.6) is 0 Å². The van der Waals surface area contributed by atoms with Gasteiger partial charge in [-0.2, -0.15) is 0 Å². The number of rotatable bonds is 5. The molecule has 0 saturated heterocycles. The van der Waals surface area contributed by atoms with E-state index in [0.717, 1.165) is 4.88 Å². The maximum atomic E-state index is 11.9. The van der Waals surface area contributed by atoms with Crippen LogP contribution in [0.3, 0.4) is 0 Å². The van der Waals surface area contributed by atoms with E-state index in [2.05, 4.69) is 5.32 Å². The molecule has 0 saturated carbocycles. The highest BCUT2D eigenvalue weighted by Crippen LogP contribution is 2.24. The summed E-state index contributed by atoms with van der Waals surface area (Å²) in [6, 6.07) is 10.8. The molecule has 0 unspecified atom stereocenters. The van der Waals surface area contributed by atoms with Crippen molar-refractivity contribution in [1.29, 1.82) is 0 Å². The van der Waals surface area contributed by atoms with Gasteiger partial charge < -0.3 is 10.4 Å². The number of carbonyl (C=O) groups is 2. The lowest BCUT2D eigenvalue weighted by Gasteiger charge is -2.19. The van der Waals surface area contributed by atoms with Gasteiger partial charge in [-0.1, -0.05) is 18.2 Å². The predicted molar refractivity (Wildman–Crippen MR) is 83.8 cm³/mol. The molecule has 1 amide bonds. The van der Waals surface area contributed by atoms with Crippen molar-refractivity contribution in [2.45, 2.75) is 25.7 Å². The molecular formula is C16H17NO3S. The Bertz CT molecular complexity index is 630. The Kier molecular flexibility index (Phi) is 4.43. The van der Waals surface area contributed by atoms with Crippen molar-refractivity contribution in [3.05, 3.63) is 52.2 Å². The topological polar surface area (TPSA) is 66.4 Å². The third-order valence-electron chi connectivity index (χ3n) is 3.34. The van der Waals surface area contributed by atoms with Gasteiger partial charge in [0.25, 0.3) is 0 Å². The summed E-state index contributed by atoms with van der Waals surface area (Å²) in [4.78, 5) is 24.1. The molecule has 5 heteroatoms. The number of amides is 1. The van der Waals surface area contributed by atoms with Crippen LogP contribution in [0, 0.1) is 0 Å². The Morgan fingerprint density at radius 1 is 1.19 bits per heavy atom. The Morgan fingerprint density at radius 2 is 1.86 bits per heavy atom. The fraction of sp³-hybridized carbons (Fsp3) is 0.250. The van der Waals surface area contributed by atoms with E-state index >= 15 is 0 Å². The molecule has 2 rings (SSSR count). The molecule has 0 radical (unpaired) electrons. The van der Waals surface area contributed by atoms with E-state index in [1.165, 1.54) is 0 Å². The molecule has 21 heavy (non-hydrogen) atoms. The molecule has 2 N–H and O–H groups in total. The SMILES string of the molecule is CC(C)(C(=O)O)c1ccc(NC(=O)Cc2cccs2)cc1. The van der Waals surface area contributed by atoms with Crippen molar-refractivity contribution < 1.29 is 14.7 Å². The summed E-state index contributed by atoms with van der Waals surface area (Å²) in [7, 11) is 0. The van der Waals surface area contributed by atoms with Crippen LogP contribution in [-0.4, -0.2) is 17.0 Å². The molecule has 0 bridgehead atoms. The van der Waals surface area contributed by atoms with Crippen LogP contribution in [0.2, 0.25) is 0 Å². The van der Waals surface area contributed by atoms with Crippen LogP contribution in [0.4, 0.5) is 5.69 Å². The number of carbonyl (C=O) groups excluding carboxylic acids is 1. The maximum absolute atomic E-state index is 11.9. The molecule has 0 spiro atoms. The molecular weight excluding hydrogens is 286 g/mol. The molecule has 1 aromatic heterocycles. The van der Waals surface area contributed by atoms with Gasteiger partial charge in [-0.3, -0.25) is 9.59 Å². The van der Waals surface area contributed by atoms with Gasteiger partial charge in [0.2, 0.25) is 5.91 Å². The van der Waals surface area contributed by atoms with Gasteiger partial charge in [0, 0.05) is 10.6 Å². The van der Waals surface area contributed by atoms with E-state index in [4.69, 9.17) is 0 Å². The average molecular weight is 303 g/mol. The molecule has 1 aromatic carbocycles. The highest BCUT2D eigenvalue weighted by atomic mass is 32.1. The van der Waals surface area contributed by atoms with Crippen LogP contribution >= 0.6 is 11.3 Å². The summed E-state index contributed by atoms with van der Waals surface area (Å²) in [5.74, 6) is -0.959. The van der Waals surface area contributed by atoms with Crippen molar-refractivity contribution >= 4 is 28.9 Å². The Balaban J connectivity index is 2.02. The molecule has 0 aliphatic rings. The van der Waals surface area contributed by atoms with E-state index in [1.807, 2.05) is 17.5 Å². The van der Waals surface area contributed by atoms with Gasteiger partial charge in [0.05, 0.1) is 11.8 Å². The first-order valence-electron chi connectivity index (χ1n) is 6.56. The van der Waals surface area contributed by atoms with Crippen molar-refractivity contribution in [1.82, 2.24) is 0 Å². The highest BCUT2D eigenvalue weighted by Gasteiger charge is 2.29. The number of benzene rings is 1. The van der Waals surface area contributed by atoms with Crippen LogP contribution in [0.25, 0.3) is 0 Å². The van der Waals surface area contributed by atoms with Crippen LogP contribution < -0.4 is 5.32 Å². The number of carboxylic acids is 1. The molecule has 0 aliphatic heterocycles. The summed E-state index contributed by atoms with van der Waals surface area (Å²) in [5, 5.41) is 13.9. The molecule has 0 aliphatic carbocycles. The zero-order valence-corrected chi connectivity index (χ0v) is 12.7. The zero-order chi connectivity index (χ0) is 15.5. The van der Waals surface area contributed by atoms with E-state index in [1.54, 1.807) is 49.4 Å². The summed E-state index contributed by atoms with van der Waals surface area (Å²) in [5.41, 5.74) is 0.423. The normalized spacial score (nSPS) is 11.1. The van der Waals surface area contributed by atoms with E-state index in [-0.39, 0.29) is 5.91 Å².